The molecule has 4 rings (SSSR count). The fourth-order valence-electron chi connectivity index (χ4n) is 4.25. The topological polar surface area (TPSA) is 66.8 Å². The van der Waals surface area contributed by atoms with E-state index in [2.05, 4.69) is 0 Å². The lowest BCUT2D eigenvalue weighted by Gasteiger charge is -2.28. The number of para-hydroxylation sites is 1. The molecule has 1 N–H and O–H groups in total. The van der Waals surface area contributed by atoms with Crippen molar-refractivity contribution in [1.82, 2.24) is 0 Å². The Balaban J connectivity index is 2.04. The van der Waals surface area contributed by atoms with Crippen LogP contribution in [0.3, 0.4) is 0 Å². The van der Waals surface area contributed by atoms with E-state index in [9.17, 15) is 14.7 Å². The van der Waals surface area contributed by atoms with E-state index in [-0.39, 0.29) is 11.3 Å². The van der Waals surface area contributed by atoms with Crippen molar-refractivity contribution in [2.45, 2.75) is 26.8 Å². The van der Waals surface area contributed by atoms with Crippen molar-refractivity contribution in [1.29, 1.82) is 0 Å². The van der Waals surface area contributed by atoms with Gasteiger partial charge in [0.1, 0.15) is 11.5 Å². The third kappa shape index (κ3) is 3.46. The Bertz CT molecular complexity index is 1260. The van der Waals surface area contributed by atoms with Crippen LogP contribution < -0.4 is 9.64 Å². The number of Topliss-reactive ketones (excluding diaryl/α,β-unsaturated/α-hetero) is 1. The van der Waals surface area contributed by atoms with Crippen LogP contribution in [-0.4, -0.2) is 23.9 Å². The molecule has 0 bridgehead atoms. The molecule has 0 aliphatic carbocycles. The number of aliphatic hydroxyl groups is 1. The average molecular weight is 428 g/mol. The van der Waals surface area contributed by atoms with E-state index in [1.165, 1.54) is 12.0 Å². The maximum atomic E-state index is 13.3. The highest BCUT2D eigenvalue weighted by atomic mass is 16.5. The van der Waals surface area contributed by atoms with Crippen molar-refractivity contribution < 1.29 is 19.4 Å². The molecule has 0 saturated carbocycles. The number of rotatable bonds is 4. The van der Waals surface area contributed by atoms with Gasteiger partial charge in [0.2, 0.25) is 0 Å². The van der Waals surface area contributed by atoms with Gasteiger partial charge in [0.05, 0.1) is 24.3 Å². The molecule has 1 aliphatic rings. The van der Waals surface area contributed by atoms with Crippen LogP contribution in [0.15, 0.2) is 72.3 Å². The van der Waals surface area contributed by atoms with Crippen LogP contribution >= 0.6 is 0 Å². The third-order valence-corrected chi connectivity index (χ3v) is 5.91. The lowest BCUT2D eigenvalue weighted by Crippen LogP contribution is -2.30. The minimum atomic E-state index is -0.762. The number of hydrogen-bond donors (Lipinski definition) is 1. The van der Waals surface area contributed by atoms with Crippen LogP contribution in [0.2, 0.25) is 0 Å². The molecule has 1 amide bonds. The zero-order chi connectivity index (χ0) is 23.0. The molecular weight excluding hydrogens is 402 g/mol. The van der Waals surface area contributed by atoms with Gasteiger partial charge in [-0.25, -0.2) is 0 Å². The highest BCUT2D eigenvalue weighted by Gasteiger charge is 2.47. The molecule has 1 saturated heterocycles. The molecule has 162 valence electrons. The van der Waals surface area contributed by atoms with Gasteiger partial charge in [-0.2, -0.15) is 0 Å². The maximum absolute atomic E-state index is 13.3. The molecule has 1 atom stereocenters. The first-order chi connectivity index (χ1) is 15.3. The van der Waals surface area contributed by atoms with Gasteiger partial charge in [-0.3, -0.25) is 14.5 Å². The number of amides is 1. The normalized spacial score (nSPS) is 17.6. The number of aliphatic hydroxyl groups excluding tert-OH is 1. The first-order valence-electron chi connectivity index (χ1n) is 10.4. The highest BCUT2D eigenvalue weighted by molar-refractivity contribution is 6.51. The molecular formula is C27H25NO4. The summed E-state index contributed by atoms with van der Waals surface area (Å²) in [4.78, 5) is 28.2. The molecule has 5 nitrogen and oxygen atoms in total. The van der Waals surface area contributed by atoms with Gasteiger partial charge in [0.25, 0.3) is 11.7 Å². The van der Waals surface area contributed by atoms with Gasteiger partial charge in [-0.05, 0) is 55.7 Å². The van der Waals surface area contributed by atoms with E-state index < -0.39 is 17.7 Å². The highest BCUT2D eigenvalue weighted by Crippen LogP contribution is 2.44. The number of carbonyl (C=O) groups excluding carboxylic acids is 2. The summed E-state index contributed by atoms with van der Waals surface area (Å²) in [5, 5.41) is 11.4. The van der Waals surface area contributed by atoms with Gasteiger partial charge in [0.15, 0.2) is 0 Å². The number of ketones is 1. The predicted molar refractivity (Wildman–Crippen MR) is 125 cm³/mol. The summed E-state index contributed by atoms with van der Waals surface area (Å²) >= 11 is 0. The molecule has 1 aliphatic heterocycles. The number of methoxy groups -OCH3 is 1. The average Bonchev–Trinajstić information content (AvgIpc) is 3.04. The summed E-state index contributed by atoms with van der Waals surface area (Å²) in [5.74, 6) is -1.20. The summed E-state index contributed by atoms with van der Waals surface area (Å²) in [6.45, 7) is 5.72. The van der Waals surface area contributed by atoms with Gasteiger partial charge in [-0.1, -0.05) is 54.1 Å². The van der Waals surface area contributed by atoms with E-state index in [4.69, 9.17) is 4.74 Å². The van der Waals surface area contributed by atoms with Gasteiger partial charge < -0.3 is 9.84 Å². The first-order valence-corrected chi connectivity index (χ1v) is 10.4. The summed E-state index contributed by atoms with van der Waals surface area (Å²) < 4.78 is 5.43. The maximum Gasteiger partial charge on any atom is 0.300 e. The summed E-state index contributed by atoms with van der Waals surface area (Å²) in [6.07, 6.45) is 0. The Labute approximate surface area is 187 Å². The van der Waals surface area contributed by atoms with E-state index in [1.54, 1.807) is 12.1 Å². The molecule has 1 heterocycles. The second-order valence-corrected chi connectivity index (χ2v) is 8.02. The number of ether oxygens (including phenoxy) is 1. The quantitative estimate of drug-likeness (QED) is 0.351. The van der Waals surface area contributed by atoms with Crippen molar-refractivity contribution in [3.05, 3.63) is 100 Å². The Morgan fingerprint density at radius 1 is 0.906 bits per heavy atom. The monoisotopic (exact) mass is 427 g/mol. The van der Waals surface area contributed by atoms with Gasteiger partial charge in [0, 0.05) is 5.69 Å². The van der Waals surface area contributed by atoms with E-state index in [1.807, 2.05) is 75.4 Å². The molecule has 3 aromatic rings. The summed E-state index contributed by atoms with van der Waals surface area (Å²) in [7, 11) is 1.51. The fraction of sp³-hybridized carbons (Fsp3) is 0.185. The Morgan fingerprint density at radius 2 is 1.56 bits per heavy atom. The first kappa shape index (κ1) is 21.4. The lowest BCUT2D eigenvalue weighted by molar-refractivity contribution is -0.132. The minimum Gasteiger partial charge on any atom is -0.507 e. The van der Waals surface area contributed by atoms with Crippen LogP contribution in [0.4, 0.5) is 5.69 Å². The molecule has 32 heavy (non-hydrogen) atoms. The predicted octanol–water partition coefficient (Wildman–Crippen LogP) is 5.25. The van der Waals surface area contributed by atoms with Gasteiger partial charge in [-0.15, -0.1) is 0 Å². The lowest BCUT2D eigenvalue weighted by atomic mass is 9.92. The molecule has 5 heteroatoms. The van der Waals surface area contributed by atoms with Crippen molar-refractivity contribution in [2.24, 2.45) is 0 Å². The van der Waals surface area contributed by atoms with E-state index in [0.717, 1.165) is 22.3 Å². The zero-order valence-electron chi connectivity index (χ0n) is 18.5. The van der Waals surface area contributed by atoms with Crippen LogP contribution in [-0.2, 0) is 9.59 Å². The van der Waals surface area contributed by atoms with Crippen molar-refractivity contribution in [2.75, 3.05) is 12.0 Å². The van der Waals surface area contributed by atoms with E-state index in [0.29, 0.717) is 17.0 Å². The number of nitrogens with zero attached hydrogens (tertiary/aromatic N) is 1. The molecule has 0 radical (unpaired) electrons. The Morgan fingerprint density at radius 3 is 2.22 bits per heavy atom. The number of anilines is 1. The van der Waals surface area contributed by atoms with Crippen LogP contribution in [0.5, 0.6) is 5.75 Å². The SMILES string of the molecule is COc1ccc(C)cc1/C(O)=C1\C(=O)C(=O)N(c2ccccc2C)C1c1ccccc1C. The number of carbonyl (C=O) groups is 2. The van der Waals surface area contributed by atoms with Crippen molar-refractivity contribution in [3.8, 4) is 5.75 Å². The largest absolute Gasteiger partial charge is 0.507 e. The second kappa shape index (κ2) is 8.35. The number of benzene rings is 3. The second-order valence-electron chi connectivity index (χ2n) is 8.02. The Kier molecular flexibility index (Phi) is 5.57. The number of aryl methyl sites for hydroxylation is 3. The van der Waals surface area contributed by atoms with Crippen LogP contribution in [0, 0.1) is 20.8 Å². The number of hydrogen-bond acceptors (Lipinski definition) is 4. The molecule has 3 aromatic carbocycles. The van der Waals surface area contributed by atoms with E-state index >= 15 is 0 Å². The Hall–Kier alpha value is -3.86. The minimum absolute atomic E-state index is 0.0523. The molecule has 0 spiro atoms. The fourth-order valence-corrected chi connectivity index (χ4v) is 4.25. The van der Waals surface area contributed by atoms with Crippen LogP contribution in [0.1, 0.15) is 33.9 Å². The van der Waals surface area contributed by atoms with Crippen molar-refractivity contribution in [3.63, 3.8) is 0 Å². The zero-order valence-corrected chi connectivity index (χ0v) is 18.5. The van der Waals surface area contributed by atoms with Crippen LogP contribution in [0.25, 0.3) is 5.76 Å². The third-order valence-electron chi connectivity index (χ3n) is 5.91. The smallest absolute Gasteiger partial charge is 0.300 e. The summed E-state index contributed by atoms with van der Waals surface area (Å²) in [6, 6.07) is 19.6. The molecule has 1 fully saturated rings. The van der Waals surface area contributed by atoms with Gasteiger partial charge >= 0.3 is 0 Å². The standard InChI is InChI=1S/C27H25NO4/c1-16-13-14-22(32-4)20(15-16)25(29)23-24(19-11-7-5-9-17(19)2)28(27(31)26(23)30)21-12-8-6-10-18(21)3/h5-15,24,29H,1-4H3/b25-23+. The van der Waals surface area contributed by atoms with Crippen molar-refractivity contribution >= 4 is 23.1 Å². The summed E-state index contributed by atoms with van der Waals surface area (Å²) in [5.41, 5.74) is 4.53. The molecule has 0 aromatic heterocycles. The molecule has 1 unspecified atom stereocenters.